The Hall–Kier alpha value is -2.56. The Balaban J connectivity index is 1.69. The van der Waals surface area contributed by atoms with Crippen LogP contribution in [0.25, 0.3) is 17.0 Å². The zero-order valence-corrected chi connectivity index (χ0v) is 12.7. The van der Waals surface area contributed by atoms with Gasteiger partial charge >= 0.3 is 0 Å². The molecule has 0 saturated heterocycles. The Morgan fingerprint density at radius 3 is 2.59 bits per heavy atom. The molecule has 112 valence electrons. The van der Waals surface area contributed by atoms with Crippen LogP contribution in [0.5, 0.6) is 5.75 Å². The molecule has 0 bridgehead atoms. The van der Waals surface area contributed by atoms with Gasteiger partial charge in [0.15, 0.2) is 0 Å². The number of hydrogen-bond acceptors (Lipinski definition) is 4. The second-order valence-corrected chi connectivity index (χ2v) is 5.69. The maximum atomic E-state index is 5.19. The van der Waals surface area contributed by atoms with Gasteiger partial charge in [0, 0.05) is 31.0 Å². The topological polar surface area (TPSA) is 42.7 Å². The minimum atomic E-state index is 0.644. The molecule has 0 N–H and O–H groups in total. The molecule has 22 heavy (non-hydrogen) atoms. The number of hydrogen-bond donors (Lipinski definition) is 0. The molecule has 3 aromatic rings. The summed E-state index contributed by atoms with van der Waals surface area (Å²) in [6, 6.07) is 10.6. The molecule has 1 saturated carbocycles. The summed E-state index contributed by atoms with van der Waals surface area (Å²) in [4.78, 5) is 11.6. The van der Waals surface area contributed by atoms with Crippen molar-refractivity contribution in [3.8, 4) is 17.0 Å². The fourth-order valence-electron chi connectivity index (χ4n) is 2.61. The molecule has 0 atom stereocenters. The Labute approximate surface area is 129 Å². The lowest BCUT2D eigenvalue weighted by Gasteiger charge is -2.16. The first-order chi connectivity index (χ1) is 10.7. The number of benzene rings is 1. The van der Waals surface area contributed by atoms with Crippen LogP contribution in [0.1, 0.15) is 12.8 Å². The minimum Gasteiger partial charge on any atom is -0.497 e. The first-order valence-electron chi connectivity index (χ1n) is 7.47. The van der Waals surface area contributed by atoms with E-state index in [0.29, 0.717) is 6.04 Å². The molecule has 0 amide bonds. The van der Waals surface area contributed by atoms with Gasteiger partial charge in [-0.3, -0.25) is 4.40 Å². The third kappa shape index (κ3) is 2.28. The average molecular weight is 294 g/mol. The lowest BCUT2D eigenvalue weighted by molar-refractivity contribution is 0.415. The number of fused-ring (bicyclic) bond motifs is 1. The molecule has 0 aliphatic heterocycles. The van der Waals surface area contributed by atoms with E-state index in [1.54, 1.807) is 7.11 Å². The van der Waals surface area contributed by atoms with Gasteiger partial charge in [-0.2, -0.15) is 4.98 Å². The fraction of sp³-hybridized carbons (Fsp3) is 0.294. The molecular weight excluding hydrogens is 276 g/mol. The molecule has 1 aliphatic rings. The Kier molecular flexibility index (Phi) is 2.99. The summed E-state index contributed by atoms with van der Waals surface area (Å²) in [7, 11) is 3.77. The largest absolute Gasteiger partial charge is 0.497 e. The van der Waals surface area contributed by atoms with Crippen molar-refractivity contribution in [1.82, 2.24) is 14.4 Å². The number of aromatic nitrogens is 3. The van der Waals surface area contributed by atoms with Crippen molar-refractivity contribution in [2.24, 2.45) is 0 Å². The van der Waals surface area contributed by atoms with Crippen LogP contribution in [0.4, 0.5) is 5.82 Å². The van der Waals surface area contributed by atoms with E-state index in [1.807, 2.05) is 47.1 Å². The number of rotatable bonds is 4. The number of nitrogens with zero attached hydrogens (tertiary/aromatic N) is 4. The van der Waals surface area contributed by atoms with Crippen LogP contribution in [0.3, 0.4) is 0 Å². The summed E-state index contributed by atoms with van der Waals surface area (Å²) in [5, 5.41) is 0. The molecule has 1 aromatic carbocycles. The van der Waals surface area contributed by atoms with E-state index in [2.05, 4.69) is 21.9 Å². The van der Waals surface area contributed by atoms with E-state index < -0.39 is 0 Å². The number of ether oxygens (including phenoxy) is 1. The molecule has 0 spiro atoms. The van der Waals surface area contributed by atoms with E-state index in [-0.39, 0.29) is 0 Å². The van der Waals surface area contributed by atoms with Gasteiger partial charge in [0.2, 0.25) is 5.78 Å². The van der Waals surface area contributed by atoms with E-state index >= 15 is 0 Å². The fourth-order valence-corrected chi connectivity index (χ4v) is 2.61. The van der Waals surface area contributed by atoms with Crippen molar-refractivity contribution in [3.63, 3.8) is 0 Å². The highest BCUT2D eigenvalue weighted by molar-refractivity contribution is 5.63. The summed E-state index contributed by atoms with van der Waals surface area (Å²) in [6.45, 7) is 0. The lowest BCUT2D eigenvalue weighted by Crippen LogP contribution is -2.20. The predicted octanol–water partition coefficient (Wildman–Crippen LogP) is 3.00. The number of methoxy groups -OCH3 is 1. The molecule has 2 aromatic heterocycles. The monoisotopic (exact) mass is 294 g/mol. The van der Waals surface area contributed by atoms with E-state index in [9.17, 15) is 0 Å². The van der Waals surface area contributed by atoms with Gasteiger partial charge in [-0.15, -0.1) is 0 Å². The van der Waals surface area contributed by atoms with Crippen molar-refractivity contribution in [2.45, 2.75) is 18.9 Å². The summed E-state index contributed by atoms with van der Waals surface area (Å²) in [6.07, 6.45) is 6.55. The highest BCUT2D eigenvalue weighted by Gasteiger charge is 2.27. The number of imidazole rings is 1. The van der Waals surface area contributed by atoms with Crippen LogP contribution in [0.2, 0.25) is 0 Å². The second kappa shape index (κ2) is 5.02. The van der Waals surface area contributed by atoms with Crippen molar-refractivity contribution in [3.05, 3.63) is 42.7 Å². The van der Waals surface area contributed by atoms with Crippen molar-refractivity contribution >= 4 is 11.6 Å². The van der Waals surface area contributed by atoms with Gasteiger partial charge in [-0.1, -0.05) is 0 Å². The SMILES string of the molecule is COc1ccc(-c2cn3ccc(N(C)C4CC4)nc3n2)cc1. The van der Waals surface area contributed by atoms with Gasteiger partial charge in [-0.25, -0.2) is 4.98 Å². The Bertz CT molecular complexity index is 805. The normalized spacial score (nSPS) is 14.3. The lowest BCUT2D eigenvalue weighted by atomic mass is 10.2. The second-order valence-electron chi connectivity index (χ2n) is 5.69. The summed E-state index contributed by atoms with van der Waals surface area (Å²) in [5.74, 6) is 2.57. The average Bonchev–Trinajstić information content (AvgIpc) is 3.32. The smallest absolute Gasteiger partial charge is 0.236 e. The Morgan fingerprint density at radius 1 is 1.14 bits per heavy atom. The van der Waals surface area contributed by atoms with Crippen LogP contribution in [0.15, 0.2) is 42.7 Å². The summed E-state index contributed by atoms with van der Waals surface area (Å²) in [5.41, 5.74) is 1.98. The van der Waals surface area contributed by atoms with Crippen LogP contribution in [-0.4, -0.2) is 34.6 Å². The van der Waals surface area contributed by atoms with Crippen LogP contribution >= 0.6 is 0 Å². The van der Waals surface area contributed by atoms with Crippen LogP contribution < -0.4 is 9.64 Å². The van der Waals surface area contributed by atoms with Crippen molar-refractivity contribution in [2.75, 3.05) is 19.1 Å². The third-order valence-electron chi connectivity index (χ3n) is 4.15. The molecule has 2 heterocycles. The van der Waals surface area contributed by atoms with Gasteiger partial charge in [0.1, 0.15) is 11.6 Å². The van der Waals surface area contributed by atoms with Crippen molar-refractivity contribution < 1.29 is 4.74 Å². The van der Waals surface area contributed by atoms with Crippen LogP contribution in [0, 0.1) is 0 Å². The van der Waals surface area contributed by atoms with E-state index in [1.165, 1.54) is 12.8 Å². The van der Waals surface area contributed by atoms with Gasteiger partial charge in [0.25, 0.3) is 0 Å². The highest BCUT2D eigenvalue weighted by atomic mass is 16.5. The zero-order chi connectivity index (χ0) is 15.1. The summed E-state index contributed by atoms with van der Waals surface area (Å²) >= 11 is 0. The molecule has 5 heteroatoms. The standard InChI is InChI=1S/C17H18N4O/c1-20(13-5-6-13)16-9-10-21-11-15(18-17(21)19-16)12-3-7-14(22-2)8-4-12/h3-4,7-11,13H,5-6H2,1-2H3. The highest BCUT2D eigenvalue weighted by Crippen LogP contribution is 2.29. The van der Waals surface area contributed by atoms with Crippen molar-refractivity contribution in [1.29, 1.82) is 0 Å². The Morgan fingerprint density at radius 2 is 1.91 bits per heavy atom. The molecular formula is C17H18N4O. The zero-order valence-electron chi connectivity index (χ0n) is 12.7. The molecule has 1 fully saturated rings. The third-order valence-corrected chi connectivity index (χ3v) is 4.15. The predicted molar refractivity (Wildman–Crippen MR) is 86.4 cm³/mol. The quantitative estimate of drug-likeness (QED) is 0.742. The molecule has 0 unspecified atom stereocenters. The first-order valence-corrected chi connectivity index (χ1v) is 7.47. The van der Waals surface area contributed by atoms with E-state index in [0.717, 1.165) is 28.6 Å². The van der Waals surface area contributed by atoms with Gasteiger partial charge < -0.3 is 9.64 Å². The first kappa shape index (κ1) is 13.1. The minimum absolute atomic E-state index is 0.644. The molecule has 4 rings (SSSR count). The molecule has 1 aliphatic carbocycles. The maximum absolute atomic E-state index is 5.19. The molecule has 0 radical (unpaired) electrons. The summed E-state index contributed by atoms with van der Waals surface area (Å²) < 4.78 is 7.15. The molecule has 5 nitrogen and oxygen atoms in total. The number of anilines is 1. The maximum Gasteiger partial charge on any atom is 0.236 e. The van der Waals surface area contributed by atoms with Crippen LogP contribution in [-0.2, 0) is 0 Å². The van der Waals surface area contributed by atoms with E-state index in [4.69, 9.17) is 4.74 Å². The van der Waals surface area contributed by atoms with Gasteiger partial charge in [0.05, 0.1) is 12.8 Å². The van der Waals surface area contributed by atoms with Gasteiger partial charge in [-0.05, 0) is 43.2 Å².